The van der Waals surface area contributed by atoms with Gasteiger partial charge >= 0.3 is 0 Å². The summed E-state index contributed by atoms with van der Waals surface area (Å²) in [5, 5.41) is 0. The van der Waals surface area contributed by atoms with Gasteiger partial charge < -0.3 is 0 Å². The Kier molecular flexibility index (Phi) is 3.38. The average molecular weight is 140 g/mol. The molecule has 0 aliphatic carbocycles. The average Bonchev–Trinajstić information content (AvgIpc) is 1.80. The molecule has 1 heteroatoms. The van der Waals surface area contributed by atoms with Gasteiger partial charge in [0.2, 0.25) is 0 Å². The van der Waals surface area contributed by atoms with Crippen molar-refractivity contribution in [2.45, 2.75) is 34.1 Å². The molecule has 0 amide bonds. The second kappa shape index (κ2) is 3.58. The highest BCUT2D eigenvalue weighted by Gasteiger charge is 2.18. The topological polar surface area (TPSA) is 17.1 Å². The zero-order chi connectivity index (χ0) is 8.20. The molecule has 1 nitrogen and oxygen atoms in total. The van der Waals surface area contributed by atoms with E-state index in [1.165, 1.54) is 0 Å². The van der Waals surface area contributed by atoms with Gasteiger partial charge in [-0.15, -0.1) is 0 Å². The summed E-state index contributed by atoms with van der Waals surface area (Å²) in [5.74, 6) is 2.35. The van der Waals surface area contributed by atoms with Crippen LogP contribution < -0.4 is 0 Å². The van der Waals surface area contributed by atoms with E-state index >= 15 is 0 Å². The van der Waals surface area contributed by atoms with Crippen molar-refractivity contribution in [2.24, 2.45) is 11.3 Å². The summed E-state index contributed by atoms with van der Waals surface area (Å²) in [7, 11) is 0. The standard InChI is InChI=1S/C9H16O/c1-8(6-5-7-10)9(2,3)4/h5,8H,6H2,1-4H3. The summed E-state index contributed by atoms with van der Waals surface area (Å²) in [6.45, 7) is 8.68. The second-order valence-corrected chi connectivity index (χ2v) is 3.82. The molecule has 0 aromatic heterocycles. The van der Waals surface area contributed by atoms with Crippen LogP contribution in [0, 0.1) is 11.3 Å². The van der Waals surface area contributed by atoms with Gasteiger partial charge in [0, 0.05) is 6.08 Å². The van der Waals surface area contributed by atoms with Crippen molar-refractivity contribution in [3.05, 3.63) is 6.08 Å². The van der Waals surface area contributed by atoms with Gasteiger partial charge in [-0.25, -0.2) is 4.79 Å². The molecule has 58 valence electrons. The second-order valence-electron chi connectivity index (χ2n) is 3.82. The van der Waals surface area contributed by atoms with Crippen molar-refractivity contribution in [3.63, 3.8) is 0 Å². The molecule has 0 saturated carbocycles. The Labute approximate surface area is 63.1 Å². The molecular formula is C9H16O. The van der Waals surface area contributed by atoms with Crippen molar-refractivity contribution in [2.75, 3.05) is 0 Å². The first-order valence-corrected chi connectivity index (χ1v) is 3.68. The fraction of sp³-hybridized carbons (Fsp3) is 0.778. The predicted molar refractivity (Wildman–Crippen MR) is 43.5 cm³/mol. The lowest BCUT2D eigenvalue weighted by Gasteiger charge is -2.25. The van der Waals surface area contributed by atoms with E-state index in [2.05, 4.69) is 27.7 Å². The number of hydrogen-bond acceptors (Lipinski definition) is 1. The fourth-order valence-electron chi connectivity index (χ4n) is 0.578. The predicted octanol–water partition coefficient (Wildman–Crippen LogP) is 2.45. The molecule has 0 fully saturated rings. The van der Waals surface area contributed by atoms with Gasteiger partial charge in [-0.1, -0.05) is 27.7 Å². The third-order valence-electron chi connectivity index (χ3n) is 2.03. The van der Waals surface area contributed by atoms with Crippen LogP contribution in [-0.2, 0) is 4.79 Å². The number of carbonyl (C=O) groups excluding carboxylic acids is 1. The largest absolute Gasteiger partial charge is 0.234 e. The van der Waals surface area contributed by atoms with Gasteiger partial charge in [-0.3, -0.25) is 0 Å². The van der Waals surface area contributed by atoms with E-state index in [9.17, 15) is 4.79 Å². The van der Waals surface area contributed by atoms with Crippen molar-refractivity contribution in [1.29, 1.82) is 0 Å². The first-order valence-electron chi connectivity index (χ1n) is 3.68. The van der Waals surface area contributed by atoms with Crippen LogP contribution >= 0.6 is 0 Å². The maximum Gasteiger partial charge on any atom is 0.120 e. The highest BCUT2D eigenvalue weighted by Crippen LogP contribution is 2.27. The smallest absolute Gasteiger partial charge is 0.120 e. The Morgan fingerprint density at radius 1 is 1.50 bits per heavy atom. The lowest BCUT2D eigenvalue weighted by molar-refractivity contribution is 0.264. The molecule has 0 rings (SSSR count). The van der Waals surface area contributed by atoms with E-state index in [1.54, 1.807) is 12.0 Å². The van der Waals surface area contributed by atoms with Crippen LogP contribution in [0.25, 0.3) is 0 Å². The van der Waals surface area contributed by atoms with Crippen molar-refractivity contribution in [1.82, 2.24) is 0 Å². The molecule has 10 heavy (non-hydrogen) atoms. The third kappa shape index (κ3) is 3.47. The van der Waals surface area contributed by atoms with E-state index in [-0.39, 0.29) is 0 Å². The van der Waals surface area contributed by atoms with E-state index < -0.39 is 0 Å². The molecule has 0 aliphatic heterocycles. The van der Waals surface area contributed by atoms with Crippen LogP contribution in [0.1, 0.15) is 34.1 Å². The lowest BCUT2D eigenvalue weighted by Crippen LogP contribution is -2.16. The van der Waals surface area contributed by atoms with Crippen molar-refractivity contribution < 1.29 is 4.79 Å². The molecule has 0 aliphatic rings. The highest BCUT2D eigenvalue weighted by molar-refractivity contribution is 5.44. The molecule has 0 heterocycles. The van der Waals surface area contributed by atoms with Crippen LogP contribution in [0.5, 0.6) is 0 Å². The zero-order valence-corrected chi connectivity index (χ0v) is 7.27. The van der Waals surface area contributed by atoms with E-state index in [4.69, 9.17) is 0 Å². The van der Waals surface area contributed by atoms with E-state index in [0.29, 0.717) is 11.3 Å². The fourth-order valence-corrected chi connectivity index (χ4v) is 0.578. The van der Waals surface area contributed by atoms with Gasteiger partial charge in [-0.05, 0) is 17.8 Å². The Bertz CT molecular complexity index is 135. The van der Waals surface area contributed by atoms with Crippen LogP contribution in [0.4, 0.5) is 0 Å². The van der Waals surface area contributed by atoms with Crippen molar-refractivity contribution in [3.8, 4) is 0 Å². The van der Waals surface area contributed by atoms with Crippen LogP contribution in [0.2, 0.25) is 0 Å². The summed E-state index contributed by atoms with van der Waals surface area (Å²) < 4.78 is 0. The molecule has 0 bridgehead atoms. The molecule has 1 atom stereocenters. The molecule has 0 saturated heterocycles. The van der Waals surface area contributed by atoms with Crippen molar-refractivity contribution >= 4 is 5.94 Å². The summed E-state index contributed by atoms with van der Waals surface area (Å²) in [6.07, 6.45) is 2.41. The molecular weight excluding hydrogens is 124 g/mol. The van der Waals surface area contributed by atoms with Gasteiger partial charge in [0.15, 0.2) is 0 Å². The van der Waals surface area contributed by atoms with Crippen LogP contribution in [-0.4, -0.2) is 5.94 Å². The minimum absolute atomic E-state index is 0.299. The van der Waals surface area contributed by atoms with Gasteiger partial charge in [0.1, 0.15) is 5.94 Å². The molecule has 0 radical (unpaired) electrons. The number of rotatable bonds is 2. The quantitative estimate of drug-likeness (QED) is 0.538. The monoisotopic (exact) mass is 140 g/mol. The Morgan fingerprint density at radius 2 is 2.00 bits per heavy atom. The van der Waals surface area contributed by atoms with Gasteiger partial charge in [0.25, 0.3) is 0 Å². The lowest BCUT2D eigenvalue weighted by atomic mass is 9.80. The third-order valence-corrected chi connectivity index (χ3v) is 2.03. The molecule has 0 N–H and O–H groups in total. The number of hydrogen-bond donors (Lipinski definition) is 0. The van der Waals surface area contributed by atoms with E-state index in [1.807, 2.05) is 0 Å². The van der Waals surface area contributed by atoms with Crippen LogP contribution in [0.3, 0.4) is 0 Å². The van der Waals surface area contributed by atoms with Crippen LogP contribution in [0.15, 0.2) is 6.08 Å². The number of allylic oxidation sites excluding steroid dienone is 1. The summed E-state index contributed by atoms with van der Waals surface area (Å²) in [4.78, 5) is 9.86. The Balaban J connectivity index is 3.84. The Hall–Kier alpha value is -0.550. The molecule has 1 unspecified atom stereocenters. The molecule has 0 spiro atoms. The SMILES string of the molecule is CC(CC=C=O)C(C)(C)C. The first-order chi connectivity index (χ1) is 4.48. The molecule has 0 aromatic rings. The zero-order valence-electron chi connectivity index (χ0n) is 7.27. The summed E-state index contributed by atoms with van der Waals surface area (Å²) in [5.41, 5.74) is 0.299. The van der Waals surface area contributed by atoms with Gasteiger partial charge in [0.05, 0.1) is 0 Å². The Morgan fingerprint density at radius 3 is 2.30 bits per heavy atom. The summed E-state index contributed by atoms with van der Waals surface area (Å²) >= 11 is 0. The minimum Gasteiger partial charge on any atom is -0.234 e. The maximum absolute atomic E-state index is 9.86. The maximum atomic E-state index is 9.86. The minimum atomic E-state index is 0.299. The highest BCUT2D eigenvalue weighted by atomic mass is 16.1. The normalized spacial score (nSPS) is 14.0. The van der Waals surface area contributed by atoms with E-state index in [0.717, 1.165) is 6.42 Å². The van der Waals surface area contributed by atoms with Gasteiger partial charge in [-0.2, -0.15) is 0 Å². The summed E-state index contributed by atoms with van der Waals surface area (Å²) in [6, 6.07) is 0. The molecule has 0 aromatic carbocycles. The first kappa shape index (κ1) is 9.45.